The first kappa shape index (κ1) is 11.8. The summed E-state index contributed by atoms with van der Waals surface area (Å²) in [6.07, 6.45) is 1.96. The molecule has 0 radical (unpaired) electrons. The van der Waals surface area contributed by atoms with E-state index in [1.165, 1.54) is 0 Å². The van der Waals surface area contributed by atoms with Gasteiger partial charge in [0.15, 0.2) is 0 Å². The highest BCUT2D eigenvalue weighted by Gasteiger charge is 2.23. The van der Waals surface area contributed by atoms with Crippen molar-refractivity contribution in [1.82, 2.24) is 4.98 Å². The topological polar surface area (TPSA) is 105 Å². The Kier molecular flexibility index (Phi) is 3.26. The fraction of sp³-hybridized carbons (Fsp3) is 0.455. The Hall–Kier alpha value is -1.66. The van der Waals surface area contributed by atoms with Gasteiger partial charge in [0.25, 0.3) is 0 Å². The van der Waals surface area contributed by atoms with Crippen LogP contribution in [0.15, 0.2) is 18.3 Å². The highest BCUT2D eigenvalue weighted by Crippen LogP contribution is 2.17. The molecule has 0 spiro atoms. The molecule has 2 heterocycles. The van der Waals surface area contributed by atoms with Gasteiger partial charge >= 0.3 is 5.97 Å². The summed E-state index contributed by atoms with van der Waals surface area (Å²) in [5.74, 6) is -0.123. The molecule has 0 amide bonds. The number of nitrogens with two attached hydrogens (primary N) is 2. The molecule has 0 aromatic carbocycles. The summed E-state index contributed by atoms with van der Waals surface area (Å²) in [6.45, 7) is 1.64. The van der Waals surface area contributed by atoms with Crippen LogP contribution >= 0.6 is 0 Å². The number of anilines is 1. The normalized spacial score (nSPS) is 17.6. The molecule has 6 nitrogen and oxygen atoms in total. The van der Waals surface area contributed by atoms with Crippen LogP contribution in [0.2, 0.25) is 0 Å². The molecule has 1 aliphatic heterocycles. The van der Waals surface area contributed by atoms with Crippen molar-refractivity contribution in [3.05, 3.63) is 23.9 Å². The van der Waals surface area contributed by atoms with Gasteiger partial charge in [-0.05, 0) is 18.1 Å². The van der Waals surface area contributed by atoms with Gasteiger partial charge < -0.3 is 21.5 Å². The third kappa shape index (κ3) is 2.72. The van der Waals surface area contributed by atoms with Crippen molar-refractivity contribution in [3.8, 4) is 0 Å². The zero-order valence-electron chi connectivity index (χ0n) is 9.41. The molecule has 1 fully saturated rings. The van der Waals surface area contributed by atoms with E-state index in [1.807, 2.05) is 12.1 Å². The van der Waals surface area contributed by atoms with E-state index in [-0.39, 0.29) is 6.04 Å². The second-order valence-corrected chi connectivity index (χ2v) is 4.34. The van der Waals surface area contributed by atoms with Gasteiger partial charge in [0, 0.05) is 25.3 Å². The van der Waals surface area contributed by atoms with Gasteiger partial charge in [-0.25, -0.2) is 4.98 Å². The Labute approximate surface area is 99.2 Å². The lowest BCUT2D eigenvalue weighted by Gasteiger charge is -2.37. The minimum absolute atomic E-state index is 0.233. The van der Waals surface area contributed by atoms with Gasteiger partial charge in [0.1, 0.15) is 11.9 Å². The number of carboxylic acid groups (broad SMARTS) is 1. The molecular weight excluding hydrogens is 220 g/mol. The van der Waals surface area contributed by atoms with Crippen molar-refractivity contribution in [3.63, 3.8) is 0 Å². The maximum atomic E-state index is 10.6. The Morgan fingerprint density at radius 1 is 1.59 bits per heavy atom. The van der Waals surface area contributed by atoms with E-state index in [9.17, 15) is 4.79 Å². The molecule has 2 rings (SSSR count). The number of aliphatic carboxylic acids is 1. The van der Waals surface area contributed by atoms with Gasteiger partial charge in [0.2, 0.25) is 0 Å². The molecule has 0 unspecified atom stereocenters. The lowest BCUT2D eigenvalue weighted by atomic mass is 10.1. The van der Waals surface area contributed by atoms with Crippen LogP contribution in [-0.2, 0) is 11.2 Å². The van der Waals surface area contributed by atoms with Crippen LogP contribution in [0.3, 0.4) is 0 Å². The second kappa shape index (κ2) is 4.68. The van der Waals surface area contributed by atoms with E-state index in [2.05, 4.69) is 9.88 Å². The number of hydrogen-bond donors (Lipinski definition) is 3. The Bertz CT molecular complexity index is 400. The molecule has 17 heavy (non-hydrogen) atoms. The molecule has 0 aliphatic carbocycles. The summed E-state index contributed by atoms with van der Waals surface area (Å²) >= 11 is 0. The molecule has 92 valence electrons. The molecule has 0 saturated carbocycles. The van der Waals surface area contributed by atoms with Crippen LogP contribution in [0.5, 0.6) is 0 Å². The van der Waals surface area contributed by atoms with Crippen LogP contribution in [0.1, 0.15) is 5.56 Å². The summed E-state index contributed by atoms with van der Waals surface area (Å²) in [4.78, 5) is 16.9. The highest BCUT2D eigenvalue weighted by molar-refractivity contribution is 5.73. The fourth-order valence-electron chi connectivity index (χ4n) is 1.77. The number of carboxylic acids is 1. The molecule has 5 N–H and O–H groups in total. The number of hydrogen-bond acceptors (Lipinski definition) is 5. The van der Waals surface area contributed by atoms with Crippen molar-refractivity contribution in [2.45, 2.75) is 18.5 Å². The minimum atomic E-state index is -0.997. The van der Waals surface area contributed by atoms with Gasteiger partial charge in [-0.2, -0.15) is 0 Å². The summed E-state index contributed by atoms with van der Waals surface area (Å²) < 4.78 is 0. The molecule has 1 aromatic heterocycles. The van der Waals surface area contributed by atoms with Gasteiger partial charge in [-0.3, -0.25) is 4.79 Å². The Morgan fingerprint density at radius 3 is 2.76 bits per heavy atom. The molecule has 6 heteroatoms. The first-order valence-electron chi connectivity index (χ1n) is 5.50. The number of nitrogens with zero attached hydrogens (tertiary/aromatic N) is 2. The van der Waals surface area contributed by atoms with Crippen LogP contribution in [0.25, 0.3) is 0 Å². The molecule has 1 aliphatic rings. The summed E-state index contributed by atoms with van der Waals surface area (Å²) in [7, 11) is 0. The van der Waals surface area contributed by atoms with Crippen LogP contribution in [0, 0.1) is 0 Å². The molecule has 0 bridgehead atoms. The molecule has 1 aromatic rings. The predicted octanol–water partition coefficient (Wildman–Crippen LogP) is -0.817. The Balaban J connectivity index is 1.96. The molecule has 1 atom stereocenters. The maximum absolute atomic E-state index is 10.6. The zero-order chi connectivity index (χ0) is 12.4. The number of rotatable bonds is 4. The first-order valence-corrected chi connectivity index (χ1v) is 5.50. The first-order chi connectivity index (χ1) is 8.06. The minimum Gasteiger partial charge on any atom is -0.480 e. The monoisotopic (exact) mass is 236 g/mol. The third-order valence-corrected chi connectivity index (χ3v) is 2.82. The van der Waals surface area contributed by atoms with Gasteiger partial charge in [-0.1, -0.05) is 6.07 Å². The average molecular weight is 236 g/mol. The van der Waals surface area contributed by atoms with Crippen molar-refractivity contribution >= 4 is 11.8 Å². The SMILES string of the molecule is NC1CN(c2ccc(C[C@H](N)C(=O)O)cn2)C1. The van der Waals surface area contributed by atoms with E-state index in [0.29, 0.717) is 6.42 Å². The lowest BCUT2D eigenvalue weighted by molar-refractivity contribution is -0.138. The van der Waals surface area contributed by atoms with E-state index in [0.717, 1.165) is 24.5 Å². The van der Waals surface area contributed by atoms with Crippen molar-refractivity contribution in [1.29, 1.82) is 0 Å². The van der Waals surface area contributed by atoms with Crippen molar-refractivity contribution < 1.29 is 9.90 Å². The van der Waals surface area contributed by atoms with Gasteiger partial charge in [-0.15, -0.1) is 0 Å². The highest BCUT2D eigenvalue weighted by atomic mass is 16.4. The largest absolute Gasteiger partial charge is 0.480 e. The fourth-order valence-corrected chi connectivity index (χ4v) is 1.77. The van der Waals surface area contributed by atoms with E-state index in [4.69, 9.17) is 16.6 Å². The maximum Gasteiger partial charge on any atom is 0.320 e. The van der Waals surface area contributed by atoms with Crippen LogP contribution < -0.4 is 16.4 Å². The second-order valence-electron chi connectivity index (χ2n) is 4.34. The third-order valence-electron chi connectivity index (χ3n) is 2.82. The summed E-state index contributed by atoms with van der Waals surface area (Å²) in [5.41, 5.74) is 12.0. The van der Waals surface area contributed by atoms with E-state index >= 15 is 0 Å². The zero-order valence-corrected chi connectivity index (χ0v) is 9.41. The smallest absolute Gasteiger partial charge is 0.320 e. The summed E-state index contributed by atoms with van der Waals surface area (Å²) in [5, 5.41) is 8.69. The van der Waals surface area contributed by atoms with E-state index in [1.54, 1.807) is 6.20 Å². The number of carbonyl (C=O) groups is 1. The Morgan fingerprint density at radius 2 is 2.29 bits per heavy atom. The number of aromatic nitrogens is 1. The molecular formula is C11H16N4O2. The number of pyridine rings is 1. The molecule has 1 saturated heterocycles. The quantitative estimate of drug-likeness (QED) is 0.631. The van der Waals surface area contributed by atoms with Crippen molar-refractivity contribution in [2.24, 2.45) is 11.5 Å². The van der Waals surface area contributed by atoms with Crippen LogP contribution in [-0.4, -0.2) is 41.2 Å². The van der Waals surface area contributed by atoms with E-state index < -0.39 is 12.0 Å². The lowest BCUT2D eigenvalue weighted by Crippen LogP contribution is -2.56. The average Bonchev–Trinajstić information content (AvgIpc) is 2.26. The van der Waals surface area contributed by atoms with Crippen molar-refractivity contribution in [2.75, 3.05) is 18.0 Å². The van der Waals surface area contributed by atoms with Crippen LogP contribution in [0.4, 0.5) is 5.82 Å². The standard InChI is InChI=1S/C11H16N4O2/c12-8-5-15(6-8)10-2-1-7(4-14-10)3-9(13)11(16)17/h1-2,4,8-9H,3,5-6,12-13H2,(H,16,17)/t9-/m0/s1. The van der Waals surface area contributed by atoms with Gasteiger partial charge in [0.05, 0.1) is 0 Å². The summed E-state index contributed by atoms with van der Waals surface area (Å²) in [6, 6.07) is 3.09. The predicted molar refractivity (Wildman–Crippen MR) is 63.7 cm³/mol.